The Hall–Kier alpha value is -1.69. The highest BCUT2D eigenvalue weighted by Crippen LogP contribution is 2.67. The van der Waals surface area contributed by atoms with Gasteiger partial charge in [-0.1, -0.05) is 19.9 Å². The van der Waals surface area contributed by atoms with Crippen molar-refractivity contribution in [1.82, 2.24) is 0 Å². The maximum Gasteiger partial charge on any atom is 0.310 e. The number of fused-ring (bicyclic) bond motifs is 2. The predicted octanol–water partition coefficient (Wildman–Crippen LogP) is 2.64. The second-order valence-corrected chi connectivity index (χ2v) is 9.28. The number of carboxylic acid groups (broad SMARTS) is 2. The minimum atomic E-state index is -1.37. The smallest absolute Gasteiger partial charge is 0.310 e. The Balaban J connectivity index is 2.11. The molecule has 0 spiro atoms. The van der Waals surface area contributed by atoms with E-state index in [-0.39, 0.29) is 12.3 Å². The van der Waals surface area contributed by atoms with Crippen molar-refractivity contribution >= 4 is 18.2 Å². The van der Waals surface area contributed by atoms with Crippen LogP contribution in [-0.2, 0) is 14.4 Å². The molecule has 2 bridgehead atoms. The standard InChI is InChI=1S/C20H28O6/c1-12-9-19(11-21)10-20(12,26)8-5-13(19)17(2)6-4-7-18(3,16(24)25)14(17)15(22)23/h11,13-14,26H,1,4-10H2,2-3H3,(H,22,23)(H,24,25)/t13-,14-,17-,18+,19+,20-/m0/s1. The lowest BCUT2D eigenvalue weighted by Crippen LogP contribution is -2.58. The minimum absolute atomic E-state index is 0.263. The summed E-state index contributed by atoms with van der Waals surface area (Å²) < 4.78 is 0. The van der Waals surface area contributed by atoms with Gasteiger partial charge in [0.2, 0.25) is 0 Å². The average molecular weight is 364 g/mol. The van der Waals surface area contributed by atoms with Crippen LogP contribution < -0.4 is 0 Å². The molecule has 0 heterocycles. The van der Waals surface area contributed by atoms with Crippen molar-refractivity contribution in [3.05, 3.63) is 12.2 Å². The van der Waals surface area contributed by atoms with Crippen LogP contribution >= 0.6 is 0 Å². The lowest BCUT2D eigenvalue weighted by Gasteiger charge is -2.56. The van der Waals surface area contributed by atoms with E-state index in [1.165, 1.54) is 6.92 Å². The number of carbonyl (C=O) groups is 3. The Morgan fingerprint density at radius 2 is 1.85 bits per heavy atom. The molecule has 3 aliphatic carbocycles. The van der Waals surface area contributed by atoms with Crippen molar-refractivity contribution in [2.24, 2.45) is 28.1 Å². The molecule has 0 aromatic heterocycles. The van der Waals surface area contributed by atoms with Gasteiger partial charge in [0, 0.05) is 5.41 Å². The quantitative estimate of drug-likeness (QED) is 0.522. The van der Waals surface area contributed by atoms with E-state index in [1.807, 2.05) is 6.92 Å². The van der Waals surface area contributed by atoms with Crippen molar-refractivity contribution in [2.75, 3.05) is 0 Å². The summed E-state index contributed by atoms with van der Waals surface area (Å²) in [6.45, 7) is 7.32. The second-order valence-electron chi connectivity index (χ2n) is 9.28. The number of rotatable bonds is 4. The van der Waals surface area contributed by atoms with Gasteiger partial charge in [0.05, 0.1) is 16.9 Å². The van der Waals surface area contributed by atoms with E-state index in [2.05, 4.69) is 6.58 Å². The zero-order valence-corrected chi connectivity index (χ0v) is 15.5. The Morgan fingerprint density at radius 3 is 2.38 bits per heavy atom. The first-order valence-corrected chi connectivity index (χ1v) is 9.28. The Labute approximate surface area is 153 Å². The van der Waals surface area contributed by atoms with Gasteiger partial charge in [-0.3, -0.25) is 9.59 Å². The molecule has 6 atom stereocenters. The van der Waals surface area contributed by atoms with Crippen LogP contribution in [-0.4, -0.2) is 39.1 Å². The van der Waals surface area contributed by atoms with Gasteiger partial charge in [-0.15, -0.1) is 0 Å². The lowest BCUT2D eigenvalue weighted by molar-refractivity contribution is -0.185. The largest absolute Gasteiger partial charge is 0.481 e. The van der Waals surface area contributed by atoms with Gasteiger partial charge in [0.1, 0.15) is 6.29 Å². The Bertz CT molecular complexity index is 686. The van der Waals surface area contributed by atoms with E-state index in [0.29, 0.717) is 44.1 Å². The molecule has 0 saturated heterocycles. The highest BCUT2D eigenvalue weighted by Gasteiger charge is 2.67. The molecule has 0 aromatic carbocycles. The van der Waals surface area contributed by atoms with Crippen LogP contribution in [0, 0.1) is 28.1 Å². The number of carboxylic acids is 2. The van der Waals surface area contributed by atoms with Crippen molar-refractivity contribution in [3.63, 3.8) is 0 Å². The van der Waals surface area contributed by atoms with E-state index >= 15 is 0 Å². The van der Waals surface area contributed by atoms with Crippen molar-refractivity contribution in [2.45, 2.75) is 64.4 Å². The van der Waals surface area contributed by atoms with Crippen LogP contribution in [0.5, 0.6) is 0 Å². The molecular weight excluding hydrogens is 336 g/mol. The molecule has 26 heavy (non-hydrogen) atoms. The van der Waals surface area contributed by atoms with Crippen molar-refractivity contribution in [3.8, 4) is 0 Å². The molecule has 0 aliphatic heterocycles. The Morgan fingerprint density at radius 1 is 1.19 bits per heavy atom. The number of aliphatic carboxylic acids is 2. The minimum Gasteiger partial charge on any atom is -0.481 e. The normalized spacial score (nSPS) is 48.2. The first-order valence-electron chi connectivity index (χ1n) is 9.28. The molecule has 144 valence electrons. The van der Waals surface area contributed by atoms with Gasteiger partial charge in [-0.25, -0.2) is 0 Å². The zero-order chi connectivity index (χ0) is 19.5. The van der Waals surface area contributed by atoms with Crippen molar-refractivity contribution < 1.29 is 29.7 Å². The lowest BCUT2D eigenvalue weighted by atomic mass is 9.46. The molecule has 3 rings (SSSR count). The maximum atomic E-state index is 12.2. The molecule has 3 aliphatic rings. The van der Waals surface area contributed by atoms with Gasteiger partial charge >= 0.3 is 11.9 Å². The van der Waals surface area contributed by atoms with Crippen LogP contribution in [0.4, 0.5) is 0 Å². The number of hydrogen-bond acceptors (Lipinski definition) is 4. The summed E-state index contributed by atoms with van der Waals surface area (Å²) in [5, 5.41) is 30.6. The fourth-order valence-corrected chi connectivity index (χ4v) is 6.64. The zero-order valence-electron chi connectivity index (χ0n) is 15.5. The van der Waals surface area contributed by atoms with E-state index in [0.717, 1.165) is 6.29 Å². The second kappa shape index (κ2) is 5.65. The fraction of sp³-hybridized carbons (Fsp3) is 0.750. The molecular formula is C20H28O6. The van der Waals surface area contributed by atoms with E-state index in [1.54, 1.807) is 0 Å². The van der Waals surface area contributed by atoms with Gasteiger partial charge < -0.3 is 20.1 Å². The van der Waals surface area contributed by atoms with E-state index in [9.17, 15) is 29.7 Å². The molecule has 0 amide bonds. The summed E-state index contributed by atoms with van der Waals surface area (Å²) in [4.78, 5) is 36.4. The van der Waals surface area contributed by atoms with Crippen LogP contribution in [0.25, 0.3) is 0 Å². The molecule has 6 nitrogen and oxygen atoms in total. The third-order valence-corrected chi connectivity index (χ3v) is 7.84. The van der Waals surface area contributed by atoms with Crippen LogP contribution in [0.3, 0.4) is 0 Å². The summed E-state index contributed by atoms with van der Waals surface area (Å²) >= 11 is 0. The van der Waals surface area contributed by atoms with E-state index in [4.69, 9.17) is 0 Å². The molecule has 3 saturated carbocycles. The summed E-state index contributed by atoms with van der Waals surface area (Å²) in [5.41, 5.74) is -3.48. The maximum absolute atomic E-state index is 12.2. The van der Waals surface area contributed by atoms with Gasteiger partial charge in [-0.05, 0) is 62.4 Å². The molecule has 0 radical (unpaired) electrons. The van der Waals surface area contributed by atoms with Gasteiger partial charge in [0.25, 0.3) is 0 Å². The van der Waals surface area contributed by atoms with Crippen LogP contribution in [0.15, 0.2) is 12.2 Å². The first kappa shape index (κ1) is 19.1. The van der Waals surface area contributed by atoms with E-state index < -0.39 is 39.7 Å². The predicted molar refractivity (Wildman–Crippen MR) is 93.4 cm³/mol. The first-order chi connectivity index (χ1) is 12.0. The third-order valence-electron chi connectivity index (χ3n) is 7.84. The summed E-state index contributed by atoms with van der Waals surface area (Å²) in [6.07, 6.45) is 3.92. The molecule has 6 heteroatoms. The topological polar surface area (TPSA) is 112 Å². The summed E-state index contributed by atoms with van der Waals surface area (Å²) in [7, 11) is 0. The number of aliphatic hydroxyl groups is 1. The van der Waals surface area contributed by atoms with Gasteiger partial charge in [0.15, 0.2) is 0 Å². The number of hydrogen-bond donors (Lipinski definition) is 3. The van der Waals surface area contributed by atoms with Crippen LogP contribution in [0.2, 0.25) is 0 Å². The SMILES string of the molecule is C=C1C[C@]2(C=O)C[C@@]1(O)CC[C@H]2[C@]1(C)CCC[C@@](C)(C(=O)O)[C@H]1C(=O)O. The Kier molecular flexibility index (Phi) is 4.15. The third kappa shape index (κ3) is 2.30. The highest BCUT2D eigenvalue weighted by atomic mass is 16.4. The number of carbonyl (C=O) groups excluding carboxylic acids is 1. The van der Waals surface area contributed by atoms with Gasteiger partial charge in [-0.2, -0.15) is 0 Å². The fourth-order valence-electron chi connectivity index (χ4n) is 6.64. The summed E-state index contributed by atoms with van der Waals surface area (Å²) in [5.74, 6) is -3.58. The van der Waals surface area contributed by atoms with Crippen molar-refractivity contribution in [1.29, 1.82) is 0 Å². The van der Waals surface area contributed by atoms with Crippen LogP contribution in [0.1, 0.15) is 58.8 Å². The molecule has 0 aromatic rings. The molecule has 3 N–H and O–H groups in total. The summed E-state index contributed by atoms with van der Waals surface area (Å²) in [6, 6.07) is 0. The monoisotopic (exact) mass is 364 g/mol. The highest BCUT2D eigenvalue weighted by molar-refractivity contribution is 5.84. The molecule has 0 unspecified atom stereocenters. The average Bonchev–Trinajstić information content (AvgIpc) is 2.73. The molecule has 3 fully saturated rings. The number of aldehydes is 1.